The fourth-order valence-corrected chi connectivity index (χ4v) is 5.54. The van der Waals surface area contributed by atoms with E-state index in [0.717, 1.165) is 16.0 Å². The maximum atomic E-state index is 14.0. The second-order valence-corrected chi connectivity index (χ2v) is 10.9. The van der Waals surface area contributed by atoms with Gasteiger partial charge in [0.2, 0.25) is 5.82 Å². The van der Waals surface area contributed by atoms with E-state index in [1.165, 1.54) is 0 Å². The van der Waals surface area contributed by atoms with Crippen LogP contribution in [0.15, 0.2) is 83.8 Å². The van der Waals surface area contributed by atoms with Crippen LogP contribution in [0.3, 0.4) is 0 Å². The topological polar surface area (TPSA) is 67.8 Å². The minimum absolute atomic E-state index is 0.0672. The van der Waals surface area contributed by atoms with E-state index in [9.17, 15) is 31.9 Å². The van der Waals surface area contributed by atoms with Gasteiger partial charge in [-0.3, -0.25) is 4.79 Å². The van der Waals surface area contributed by atoms with Gasteiger partial charge in [-0.25, -0.2) is 22.0 Å². The summed E-state index contributed by atoms with van der Waals surface area (Å²) in [6.07, 6.45) is -0.564. The van der Waals surface area contributed by atoms with Crippen molar-refractivity contribution < 1.29 is 41.3 Å². The molecule has 0 unspecified atom stereocenters. The zero-order chi connectivity index (χ0) is 30.5. The zero-order valence-corrected chi connectivity index (χ0v) is 23.4. The van der Waals surface area contributed by atoms with Crippen molar-refractivity contribution in [3.8, 4) is 0 Å². The van der Waals surface area contributed by atoms with Gasteiger partial charge in [0, 0.05) is 29.2 Å². The quantitative estimate of drug-likeness (QED) is 0.0907. The van der Waals surface area contributed by atoms with Crippen molar-refractivity contribution >= 4 is 17.7 Å². The van der Waals surface area contributed by atoms with Crippen LogP contribution in [-0.2, 0) is 22.6 Å². The highest BCUT2D eigenvalue weighted by Gasteiger charge is 2.33. The van der Waals surface area contributed by atoms with Gasteiger partial charge in [0.1, 0.15) is 5.56 Å². The number of aliphatic hydroxyl groups excluding tert-OH is 1. The molecule has 0 bridgehead atoms. The fourth-order valence-electron chi connectivity index (χ4n) is 4.60. The van der Waals surface area contributed by atoms with Gasteiger partial charge >= 0.3 is 0 Å². The molecule has 0 saturated carbocycles. The minimum Gasteiger partial charge on any atom is -0.392 e. The predicted molar refractivity (Wildman–Crippen MR) is 149 cm³/mol. The molecule has 1 saturated heterocycles. The van der Waals surface area contributed by atoms with E-state index >= 15 is 0 Å². The Morgan fingerprint density at radius 2 is 1.35 bits per heavy atom. The standard InChI is InChI=1S/C32H26F5NO4S/c33-26-25(27(34)29(36)30(37)28(26)35)31(40)38-15-18-6-12-21(13-7-18)32-41-22(17-43-23-4-2-1-3-5-23)14-24(42-32)20-10-8-19(16-39)9-11-20/h1-13,22,24,32,39H,14-17H2,(H,38,40)/t22-,24+,32+/m0/s1. The van der Waals surface area contributed by atoms with E-state index in [2.05, 4.69) is 5.32 Å². The van der Waals surface area contributed by atoms with E-state index < -0.39 is 46.8 Å². The van der Waals surface area contributed by atoms with Crippen molar-refractivity contribution in [2.75, 3.05) is 5.75 Å². The van der Waals surface area contributed by atoms with Crippen LogP contribution in [0.5, 0.6) is 0 Å². The molecule has 2 N–H and O–H groups in total. The number of ether oxygens (including phenoxy) is 2. The van der Waals surface area contributed by atoms with Crippen LogP contribution in [0.4, 0.5) is 22.0 Å². The molecule has 0 radical (unpaired) electrons. The first-order valence-electron chi connectivity index (χ1n) is 13.3. The Labute approximate surface area is 248 Å². The lowest BCUT2D eigenvalue weighted by Gasteiger charge is -2.36. The first-order chi connectivity index (χ1) is 20.7. The SMILES string of the molecule is O=C(NCc1ccc([C@@H]2O[C@H](CSc3ccccc3)C[C@H](c3ccc(CO)cc3)O2)cc1)c1c(F)c(F)c(F)c(F)c1F. The molecular formula is C32H26F5NO4S. The van der Waals surface area contributed by atoms with Gasteiger partial charge in [-0.05, 0) is 28.8 Å². The lowest BCUT2D eigenvalue weighted by molar-refractivity contribution is -0.245. The van der Waals surface area contributed by atoms with Crippen molar-refractivity contribution in [3.63, 3.8) is 0 Å². The van der Waals surface area contributed by atoms with Crippen molar-refractivity contribution in [2.24, 2.45) is 0 Å². The highest BCUT2D eigenvalue weighted by molar-refractivity contribution is 7.99. The molecule has 43 heavy (non-hydrogen) atoms. The third-order valence-electron chi connectivity index (χ3n) is 6.94. The van der Waals surface area contributed by atoms with Crippen molar-refractivity contribution in [1.82, 2.24) is 5.32 Å². The van der Waals surface area contributed by atoms with Crippen molar-refractivity contribution in [3.05, 3.63) is 136 Å². The molecule has 5 nitrogen and oxygen atoms in total. The molecule has 1 heterocycles. The van der Waals surface area contributed by atoms with Crippen LogP contribution < -0.4 is 5.32 Å². The van der Waals surface area contributed by atoms with Gasteiger partial charge < -0.3 is 19.9 Å². The Morgan fingerprint density at radius 1 is 0.767 bits per heavy atom. The number of hydrogen-bond acceptors (Lipinski definition) is 5. The maximum absolute atomic E-state index is 14.0. The van der Waals surface area contributed by atoms with Gasteiger partial charge in [0.15, 0.2) is 29.6 Å². The molecule has 224 valence electrons. The summed E-state index contributed by atoms with van der Waals surface area (Å²) in [6, 6.07) is 24.1. The molecule has 0 aliphatic carbocycles. The molecule has 0 aromatic heterocycles. The summed E-state index contributed by atoms with van der Waals surface area (Å²) < 4.78 is 80.9. The smallest absolute Gasteiger partial charge is 0.257 e. The van der Waals surface area contributed by atoms with E-state index in [4.69, 9.17) is 9.47 Å². The average Bonchev–Trinajstić information content (AvgIpc) is 3.05. The largest absolute Gasteiger partial charge is 0.392 e. The summed E-state index contributed by atoms with van der Waals surface area (Å²) in [6.45, 7) is -0.302. The van der Waals surface area contributed by atoms with Crippen LogP contribution in [0.25, 0.3) is 0 Å². The molecule has 11 heteroatoms. The second-order valence-electron chi connectivity index (χ2n) is 9.84. The Bertz CT molecular complexity index is 1540. The summed E-state index contributed by atoms with van der Waals surface area (Å²) in [7, 11) is 0. The maximum Gasteiger partial charge on any atom is 0.257 e. The molecule has 1 aliphatic rings. The van der Waals surface area contributed by atoms with Crippen LogP contribution in [0, 0.1) is 29.1 Å². The average molecular weight is 616 g/mol. The number of aliphatic hydroxyl groups is 1. The summed E-state index contributed by atoms with van der Waals surface area (Å²) in [5.41, 5.74) is 1.36. The molecule has 1 aliphatic heterocycles. The number of halogens is 5. The predicted octanol–water partition coefficient (Wildman–Crippen LogP) is 7.14. The molecule has 1 amide bonds. The Kier molecular flexibility index (Phi) is 9.76. The van der Waals surface area contributed by atoms with Gasteiger partial charge in [-0.1, -0.05) is 66.7 Å². The number of hydrogen-bond donors (Lipinski definition) is 2. The van der Waals surface area contributed by atoms with E-state index in [-0.39, 0.29) is 25.4 Å². The van der Waals surface area contributed by atoms with Gasteiger partial charge in [-0.15, -0.1) is 11.8 Å². The van der Waals surface area contributed by atoms with Crippen LogP contribution >= 0.6 is 11.8 Å². The number of amides is 1. The van der Waals surface area contributed by atoms with Gasteiger partial charge in [0.05, 0.1) is 18.8 Å². The number of carbonyl (C=O) groups excluding carboxylic acids is 1. The third-order valence-corrected chi connectivity index (χ3v) is 8.08. The minimum atomic E-state index is -2.33. The summed E-state index contributed by atoms with van der Waals surface area (Å²) in [5, 5.41) is 11.6. The Balaban J connectivity index is 1.28. The van der Waals surface area contributed by atoms with E-state index in [1.807, 2.05) is 54.6 Å². The zero-order valence-electron chi connectivity index (χ0n) is 22.5. The molecule has 4 aromatic carbocycles. The Hall–Kier alpha value is -3.77. The first-order valence-corrected chi connectivity index (χ1v) is 14.3. The molecule has 1 fully saturated rings. The number of benzene rings is 4. The monoisotopic (exact) mass is 615 g/mol. The number of thioether (sulfide) groups is 1. The van der Waals surface area contributed by atoms with Gasteiger partial charge in [-0.2, -0.15) is 0 Å². The highest BCUT2D eigenvalue weighted by atomic mass is 32.2. The number of nitrogens with one attached hydrogen (secondary N) is 1. The molecule has 0 spiro atoms. The summed E-state index contributed by atoms with van der Waals surface area (Å²) >= 11 is 1.67. The normalized spacial score (nSPS) is 18.4. The van der Waals surface area contributed by atoms with Crippen LogP contribution in [0.2, 0.25) is 0 Å². The lowest BCUT2D eigenvalue weighted by Crippen LogP contribution is -2.31. The van der Waals surface area contributed by atoms with Gasteiger partial charge in [0.25, 0.3) is 5.91 Å². The highest BCUT2D eigenvalue weighted by Crippen LogP contribution is 2.39. The van der Waals surface area contributed by atoms with E-state index in [1.54, 1.807) is 36.0 Å². The molecule has 4 aromatic rings. The number of rotatable bonds is 9. The Morgan fingerprint density at radius 3 is 1.98 bits per heavy atom. The summed E-state index contributed by atoms with van der Waals surface area (Å²) in [4.78, 5) is 13.4. The third kappa shape index (κ3) is 7.07. The fraction of sp³-hybridized carbons (Fsp3) is 0.219. The lowest BCUT2D eigenvalue weighted by atomic mass is 10.0. The second kappa shape index (κ2) is 13.7. The van der Waals surface area contributed by atoms with Crippen molar-refractivity contribution in [2.45, 2.75) is 43.0 Å². The van der Waals surface area contributed by atoms with Crippen molar-refractivity contribution in [1.29, 1.82) is 0 Å². The van der Waals surface area contributed by atoms with E-state index in [0.29, 0.717) is 23.3 Å². The first kappa shape index (κ1) is 30.7. The summed E-state index contributed by atoms with van der Waals surface area (Å²) in [5.74, 6) is -11.9. The van der Waals surface area contributed by atoms with Crippen LogP contribution in [-0.4, -0.2) is 22.9 Å². The molecular weight excluding hydrogens is 589 g/mol. The molecule has 5 rings (SSSR count). The number of carbonyl (C=O) groups is 1. The molecule has 3 atom stereocenters. The van der Waals surface area contributed by atoms with Crippen LogP contribution in [0.1, 0.15) is 51.4 Å².